The summed E-state index contributed by atoms with van der Waals surface area (Å²) >= 11 is 0. The Morgan fingerprint density at radius 1 is 1.62 bits per heavy atom. The van der Waals surface area contributed by atoms with E-state index in [0.717, 1.165) is 12.2 Å². The van der Waals surface area contributed by atoms with Crippen LogP contribution in [0.15, 0.2) is 10.5 Å². The van der Waals surface area contributed by atoms with Crippen LogP contribution in [0.3, 0.4) is 0 Å². The molecule has 0 aliphatic heterocycles. The molecule has 1 aliphatic rings. The monoisotopic (exact) mass is 179 g/mol. The summed E-state index contributed by atoms with van der Waals surface area (Å²) in [6.45, 7) is 4.10. The zero-order chi connectivity index (χ0) is 9.42. The fraction of sp³-hybridized carbons (Fsp3) is 0.636. The van der Waals surface area contributed by atoms with Gasteiger partial charge in [0.15, 0.2) is 0 Å². The molecular formula is C11H17NO. The predicted octanol–water partition coefficient (Wildman–Crippen LogP) is 2.36. The molecule has 0 spiro atoms. The maximum absolute atomic E-state index is 5.95. The first-order valence-corrected chi connectivity index (χ1v) is 5.03. The second-order valence-electron chi connectivity index (χ2n) is 4.09. The lowest BCUT2D eigenvalue weighted by molar-refractivity contribution is 0.416. The second kappa shape index (κ2) is 3.18. The van der Waals surface area contributed by atoms with Crippen LogP contribution in [0.5, 0.6) is 0 Å². The lowest BCUT2D eigenvalue weighted by atomic mass is 9.83. The average Bonchev–Trinajstić information content (AvgIpc) is 2.43. The van der Waals surface area contributed by atoms with Gasteiger partial charge in [0.05, 0.1) is 0 Å². The van der Waals surface area contributed by atoms with E-state index in [4.69, 9.17) is 10.2 Å². The van der Waals surface area contributed by atoms with Crippen LogP contribution >= 0.6 is 0 Å². The first-order chi connectivity index (χ1) is 6.18. The highest BCUT2D eigenvalue weighted by atomic mass is 16.3. The van der Waals surface area contributed by atoms with E-state index in [1.807, 2.05) is 6.92 Å². The van der Waals surface area contributed by atoms with Gasteiger partial charge in [0.1, 0.15) is 11.5 Å². The van der Waals surface area contributed by atoms with Crippen molar-refractivity contribution in [2.24, 2.45) is 5.73 Å². The summed E-state index contributed by atoms with van der Waals surface area (Å²) in [5.41, 5.74) is 7.31. The Bertz CT molecular complexity index is 301. The molecule has 2 N–H and O–H groups in total. The topological polar surface area (TPSA) is 39.2 Å². The van der Waals surface area contributed by atoms with Gasteiger partial charge >= 0.3 is 0 Å². The molecule has 1 heterocycles. The maximum atomic E-state index is 5.95. The van der Waals surface area contributed by atoms with E-state index in [1.165, 1.54) is 24.2 Å². The SMILES string of the molecule is Cc1cc2c(o1)CCCC2C(C)N. The van der Waals surface area contributed by atoms with Gasteiger partial charge in [0, 0.05) is 18.4 Å². The summed E-state index contributed by atoms with van der Waals surface area (Å²) in [6.07, 6.45) is 3.52. The average molecular weight is 179 g/mol. The van der Waals surface area contributed by atoms with Crippen LogP contribution in [0, 0.1) is 6.92 Å². The molecule has 0 saturated carbocycles. The van der Waals surface area contributed by atoms with Gasteiger partial charge in [-0.15, -0.1) is 0 Å². The minimum Gasteiger partial charge on any atom is -0.466 e. The van der Waals surface area contributed by atoms with Crippen LogP contribution in [-0.2, 0) is 6.42 Å². The number of hydrogen-bond donors (Lipinski definition) is 1. The largest absolute Gasteiger partial charge is 0.466 e. The van der Waals surface area contributed by atoms with E-state index in [1.54, 1.807) is 0 Å². The lowest BCUT2D eigenvalue weighted by Crippen LogP contribution is -2.27. The highest BCUT2D eigenvalue weighted by molar-refractivity contribution is 5.29. The Labute approximate surface area is 79.1 Å². The van der Waals surface area contributed by atoms with Crippen molar-refractivity contribution in [1.82, 2.24) is 0 Å². The van der Waals surface area contributed by atoms with Crippen molar-refractivity contribution in [3.8, 4) is 0 Å². The van der Waals surface area contributed by atoms with E-state index in [2.05, 4.69) is 13.0 Å². The van der Waals surface area contributed by atoms with Gasteiger partial charge in [0.2, 0.25) is 0 Å². The third-order valence-corrected chi connectivity index (χ3v) is 2.92. The van der Waals surface area contributed by atoms with Crippen LogP contribution < -0.4 is 5.73 Å². The molecule has 0 aromatic carbocycles. The van der Waals surface area contributed by atoms with Gasteiger partial charge in [-0.05, 0) is 38.3 Å². The fourth-order valence-electron chi connectivity index (χ4n) is 2.28. The van der Waals surface area contributed by atoms with Crippen molar-refractivity contribution >= 4 is 0 Å². The van der Waals surface area contributed by atoms with Gasteiger partial charge in [0.25, 0.3) is 0 Å². The molecule has 0 fully saturated rings. The van der Waals surface area contributed by atoms with Crippen LogP contribution in [0.1, 0.15) is 42.8 Å². The van der Waals surface area contributed by atoms with Crippen molar-refractivity contribution in [3.63, 3.8) is 0 Å². The van der Waals surface area contributed by atoms with E-state index in [0.29, 0.717) is 5.92 Å². The molecule has 1 aromatic rings. The molecule has 0 radical (unpaired) electrons. The minimum absolute atomic E-state index is 0.246. The second-order valence-corrected chi connectivity index (χ2v) is 4.09. The molecule has 1 aliphatic carbocycles. The van der Waals surface area contributed by atoms with E-state index in [9.17, 15) is 0 Å². The van der Waals surface area contributed by atoms with Crippen molar-refractivity contribution < 1.29 is 4.42 Å². The lowest BCUT2D eigenvalue weighted by Gasteiger charge is -2.24. The van der Waals surface area contributed by atoms with Crippen LogP contribution in [0.4, 0.5) is 0 Å². The van der Waals surface area contributed by atoms with Gasteiger partial charge in [-0.25, -0.2) is 0 Å². The van der Waals surface area contributed by atoms with Crippen molar-refractivity contribution in [1.29, 1.82) is 0 Å². The summed E-state index contributed by atoms with van der Waals surface area (Å²) in [4.78, 5) is 0. The summed E-state index contributed by atoms with van der Waals surface area (Å²) in [7, 11) is 0. The normalized spacial score (nSPS) is 24.1. The minimum atomic E-state index is 0.246. The molecule has 2 atom stereocenters. The molecule has 2 unspecified atom stereocenters. The Balaban J connectivity index is 2.36. The van der Waals surface area contributed by atoms with E-state index < -0.39 is 0 Å². The maximum Gasteiger partial charge on any atom is 0.107 e. The zero-order valence-corrected chi connectivity index (χ0v) is 8.34. The van der Waals surface area contributed by atoms with Gasteiger partial charge in [-0.3, -0.25) is 0 Å². The zero-order valence-electron chi connectivity index (χ0n) is 8.34. The third kappa shape index (κ3) is 1.51. The number of rotatable bonds is 1. The molecule has 72 valence electrons. The standard InChI is InChI=1S/C11H17NO/c1-7-6-10-9(8(2)12)4-3-5-11(10)13-7/h6,8-9H,3-5,12H2,1-2H3. The number of nitrogens with two attached hydrogens (primary N) is 1. The smallest absolute Gasteiger partial charge is 0.107 e. The van der Waals surface area contributed by atoms with Crippen molar-refractivity contribution in [2.45, 2.75) is 45.1 Å². The van der Waals surface area contributed by atoms with E-state index >= 15 is 0 Å². The van der Waals surface area contributed by atoms with Crippen LogP contribution in [0.2, 0.25) is 0 Å². The molecule has 1 aromatic heterocycles. The Hall–Kier alpha value is -0.760. The van der Waals surface area contributed by atoms with E-state index in [-0.39, 0.29) is 6.04 Å². The van der Waals surface area contributed by atoms with Crippen molar-refractivity contribution in [3.05, 3.63) is 23.2 Å². The van der Waals surface area contributed by atoms with Gasteiger partial charge in [-0.1, -0.05) is 0 Å². The summed E-state index contributed by atoms with van der Waals surface area (Å²) in [5, 5.41) is 0. The Kier molecular flexibility index (Phi) is 2.16. The van der Waals surface area contributed by atoms with Crippen molar-refractivity contribution in [2.75, 3.05) is 0 Å². The van der Waals surface area contributed by atoms with Crippen LogP contribution in [-0.4, -0.2) is 6.04 Å². The highest BCUT2D eigenvalue weighted by Gasteiger charge is 2.25. The first-order valence-electron chi connectivity index (χ1n) is 5.03. The number of fused-ring (bicyclic) bond motifs is 1. The summed E-state index contributed by atoms with van der Waals surface area (Å²) in [5.74, 6) is 2.71. The molecule has 2 nitrogen and oxygen atoms in total. The molecule has 0 bridgehead atoms. The molecular weight excluding hydrogens is 162 g/mol. The molecule has 0 saturated heterocycles. The number of hydrogen-bond acceptors (Lipinski definition) is 2. The fourth-order valence-corrected chi connectivity index (χ4v) is 2.28. The molecule has 2 rings (SSSR count). The predicted molar refractivity (Wildman–Crippen MR) is 52.8 cm³/mol. The first kappa shape index (κ1) is 8.82. The van der Waals surface area contributed by atoms with Crippen LogP contribution in [0.25, 0.3) is 0 Å². The summed E-state index contributed by atoms with van der Waals surface area (Å²) in [6, 6.07) is 2.40. The quantitative estimate of drug-likeness (QED) is 0.718. The summed E-state index contributed by atoms with van der Waals surface area (Å²) < 4.78 is 5.63. The third-order valence-electron chi connectivity index (χ3n) is 2.92. The Morgan fingerprint density at radius 3 is 3.08 bits per heavy atom. The molecule has 0 amide bonds. The van der Waals surface area contributed by atoms with Gasteiger partial charge in [-0.2, -0.15) is 0 Å². The van der Waals surface area contributed by atoms with Gasteiger partial charge < -0.3 is 10.2 Å². The molecule has 2 heteroatoms. The Morgan fingerprint density at radius 2 is 2.38 bits per heavy atom. The highest BCUT2D eigenvalue weighted by Crippen LogP contribution is 2.35. The number of aryl methyl sites for hydroxylation is 2. The number of furan rings is 1. The molecule has 13 heavy (non-hydrogen) atoms.